The fourth-order valence-corrected chi connectivity index (χ4v) is 7.64. The van der Waals surface area contributed by atoms with Gasteiger partial charge in [0.1, 0.15) is 12.1 Å². The van der Waals surface area contributed by atoms with Crippen LogP contribution in [-0.2, 0) is 26.0 Å². The van der Waals surface area contributed by atoms with Gasteiger partial charge in [-0.05, 0) is 73.9 Å². The second-order valence-electron chi connectivity index (χ2n) is 10.4. The van der Waals surface area contributed by atoms with Gasteiger partial charge < -0.3 is 14.2 Å². The van der Waals surface area contributed by atoms with Crippen LogP contribution in [0.25, 0.3) is 0 Å². The minimum atomic E-state index is -3.97. The quantitative estimate of drug-likeness (QED) is 0.206. The maximum absolute atomic E-state index is 13.7. The molecule has 1 saturated heterocycles. The maximum Gasteiger partial charge on any atom is 0.387 e. The van der Waals surface area contributed by atoms with Crippen molar-refractivity contribution in [3.8, 4) is 11.5 Å². The molecule has 2 fully saturated rings. The number of benzene rings is 2. The molecule has 0 radical (unpaired) electrons. The molecule has 1 aliphatic heterocycles. The smallest absolute Gasteiger partial charge is 0.387 e. The van der Waals surface area contributed by atoms with Gasteiger partial charge in [-0.15, -0.1) is 0 Å². The van der Waals surface area contributed by atoms with Gasteiger partial charge in [0, 0.05) is 25.4 Å². The zero-order valence-corrected chi connectivity index (χ0v) is 25.3. The molecule has 5 rings (SSSR count). The Morgan fingerprint density at radius 2 is 1.67 bits per heavy atom. The third kappa shape index (κ3) is 7.39. The predicted molar refractivity (Wildman–Crippen MR) is 156 cm³/mol. The Labute approximate surface area is 258 Å². The fourth-order valence-electron chi connectivity index (χ4n) is 5.45. The van der Waals surface area contributed by atoms with Gasteiger partial charge in [-0.2, -0.15) is 13.1 Å². The van der Waals surface area contributed by atoms with Crippen LogP contribution in [0.2, 0.25) is 10.0 Å². The lowest BCUT2D eigenvalue weighted by molar-refractivity contribution is -0.153. The van der Waals surface area contributed by atoms with Crippen LogP contribution in [0.4, 0.5) is 8.78 Å². The summed E-state index contributed by atoms with van der Waals surface area (Å²) in [5.41, 5.74) is 0.852. The lowest BCUT2D eigenvalue weighted by Crippen LogP contribution is -2.41. The van der Waals surface area contributed by atoms with Crippen molar-refractivity contribution < 1.29 is 36.2 Å². The van der Waals surface area contributed by atoms with E-state index in [1.54, 1.807) is 18.2 Å². The number of carbonyl (C=O) groups excluding carboxylic acids is 1. The largest absolute Gasteiger partial charge is 0.487 e. The molecular formula is C30H30Cl2F2N2O6S. The Balaban J connectivity index is 1.48. The van der Waals surface area contributed by atoms with Crippen LogP contribution < -0.4 is 9.47 Å². The molecule has 13 heteroatoms. The van der Waals surface area contributed by atoms with Crippen LogP contribution in [0.1, 0.15) is 55.8 Å². The number of pyridine rings is 1. The lowest BCUT2D eigenvalue weighted by atomic mass is 10.0. The summed E-state index contributed by atoms with van der Waals surface area (Å²) in [7, 11) is -3.97. The first-order valence-electron chi connectivity index (χ1n) is 13.9. The average Bonchev–Trinajstić information content (AvgIpc) is 3.69. The Kier molecular flexibility index (Phi) is 10.1. The molecule has 1 aliphatic carbocycles. The molecule has 0 N–H and O–H groups in total. The standard InChI is InChI=1S/C30H30Cl2F2N2O6S/c31-23-17-35-18-24(32)22(23)16-27(19-12-13-26(42-30(33)34)28(15-19)40-20-7-4-5-8-20)41-29(37)25-11-6-14-36(25)43(38,39)21-9-2-1-3-10-21/h1-3,9-10,12-13,15,17-18,20,25,27,30H,4-8,11,14,16H2/t25-,27-/m0/s1. The molecule has 2 aliphatic rings. The minimum absolute atomic E-state index is 0.00199. The van der Waals surface area contributed by atoms with Crippen molar-refractivity contribution >= 4 is 39.2 Å². The number of halogens is 4. The maximum atomic E-state index is 13.7. The van der Waals surface area contributed by atoms with Crippen molar-refractivity contribution in [1.82, 2.24) is 9.29 Å². The molecule has 3 aromatic rings. The predicted octanol–water partition coefficient (Wildman–Crippen LogP) is 6.99. The number of hydrogen-bond donors (Lipinski definition) is 0. The molecule has 2 aromatic carbocycles. The van der Waals surface area contributed by atoms with Crippen molar-refractivity contribution in [1.29, 1.82) is 0 Å². The van der Waals surface area contributed by atoms with Crippen LogP contribution in [0.5, 0.6) is 11.5 Å². The van der Waals surface area contributed by atoms with Crippen LogP contribution >= 0.6 is 23.2 Å². The Hall–Kier alpha value is -2.99. The molecule has 1 aromatic heterocycles. The Morgan fingerprint density at radius 1 is 0.977 bits per heavy atom. The first kappa shape index (κ1) is 31.4. The van der Waals surface area contributed by atoms with Crippen LogP contribution in [0, 0.1) is 0 Å². The van der Waals surface area contributed by atoms with Crippen molar-refractivity contribution in [2.45, 2.75) is 74.7 Å². The summed E-state index contributed by atoms with van der Waals surface area (Å²) in [5, 5.41) is 0.477. The molecule has 8 nitrogen and oxygen atoms in total. The molecule has 0 spiro atoms. The van der Waals surface area contributed by atoms with Gasteiger partial charge >= 0.3 is 12.6 Å². The zero-order valence-electron chi connectivity index (χ0n) is 23.0. The lowest BCUT2D eigenvalue weighted by Gasteiger charge is -2.26. The summed E-state index contributed by atoms with van der Waals surface area (Å²) >= 11 is 12.8. The molecule has 43 heavy (non-hydrogen) atoms. The van der Waals surface area contributed by atoms with Crippen molar-refractivity contribution in [2.75, 3.05) is 6.54 Å². The zero-order chi connectivity index (χ0) is 30.6. The number of alkyl halides is 2. The van der Waals surface area contributed by atoms with Crippen LogP contribution in [0.3, 0.4) is 0 Å². The van der Waals surface area contributed by atoms with E-state index in [2.05, 4.69) is 4.98 Å². The molecule has 2 atom stereocenters. The van der Waals surface area contributed by atoms with Crippen molar-refractivity contribution in [3.63, 3.8) is 0 Å². The highest BCUT2D eigenvalue weighted by Crippen LogP contribution is 2.38. The number of hydrogen-bond acceptors (Lipinski definition) is 7. The van der Waals surface area contributed by atoms with E-state index in [0.29, 0.717) is 17.5 Å². The summed E-state index contributed by atoms with van der Waals surface area (Å²) in [6.07, 6.45) is 5.80. The van der Waals surface area contributed by atoms with E-state index in [1.807, 2.05) is 0 Å². The van der Waals surface area contributed by atoms with E-state index in [0.717, 1.165) is 30.0 Å². The van der Waals surface area contributed by atoms with E-state index in [9.17, 15) is 22.0 Å². The number of carbonyl (C=O) groups is 1. The first-order valence-corrected chi connectivity index (χ1v) is 16.1. The number of esters is 1. The molecule has 0 bridgehead atoms. The van der Waals surface area contributed by atoms with Gasteiger partial charge in [-0.3, -0.25) is 9.78 Å². The summed E-state index contributed by atoms with van der Waals surface area (Å²) in [4.78, 5) is 17.7. The summed E-state index contributed by atoms with van der Waals surface area (Å²) in [5.74, 6) is -0.812. The normalized spacial score (nSPS) is 18.6. The first-order chi connectivity index (χ1) is 20.6. The average molecular weight is 656 g/mol. The van der Waals surface area contributed by atoms with E-state index < -0.39 is 34.7 Å². The van der Waals surface area contributed by atoms with Crippen LogP contribution in [0.15, 0.2) is 65.8 Å². The highest BCUT2D eigenvalue weighted by Gasteiger charge is 2.41. The molecular weight excluding hydrogens is 625 g/mol. The highest BCUT2D eigenvalue weighted by atomic mass is 35.5. The monoisotopic (exact) mass is 654 g/mol. The number of ether oxygens (including phenoxy) is 3. The molecule has 230 valence electrons. The number of nitrogens with zero attached hydrogens (tertiary/aromatic N) is 2. The third-order valence-electron chi connectivity index (χ3n) is 7.58. The van der Waals surface area contributed by atoms with Crippen LogP contribution in [-0.4, -0.2) is 49.0 Å². The summed E-state index contributed by atoms with van der Waals surface area (Å²) < 4.78 is 71.2. The third-order valence-corrected chi connectivity index (χ3v) is 10.2. The minimum Gasteiger partial charge on any atom is -0.487 e. The summed E-state index contributed by atoms with van der Waals surface area (Å²) in [6.45, 7) is -2.91. The van der Waals surface area contributed by atoms with Gasteiger partial charge in [0.2, 0.25) is 10.0 Å². The Bertz CT molecular complexity index is 1520. The van der Waals surface area contributed by atoms with Gasteiger partial charge in [0.25, 0.3) is 0 Å². The highest BCUT2D eigenvalue weighted by molar-refractivity contribution is 7.89. The van der Waals surface area contributed by atoms with Gasteiger partial charge in [0.05, 0.1) is 21.0 Å². The molecule has 2 heterocycles. The fraction of sp³-hybridized carbons (Fsp3) is 0.400. The molecule has 0 unspecified atom stereocenters. The molecule has 0 amide bonds. The van der Waals surface area contributed by atoms with Gasteiger partial charge in [0.15, 0.2) is 11.5 Å². The topological polar surface area (TPSA) is 95.0 Å². The van der Waals surface area contributed by atoms with E-state index >= 15 is 0 Å². The van der Waals surface area contributed by atoms with E-state index in [4.69, 9.17) is 37.4 Å². The second-order valence-corrected chi connectivity index (χ2v) is 13.1. The number of sulfonamides is 1. The SMILES string of the molecule is O=C(O[C@@H](Cc1c(Cl)cncc1Cl)c1ccc(OC(F)F)c(OC2CCCC2)c1)[C@@H]1CCCN1S(=O)(=O)c1ccccc1. The van der Waals surface area contributed by atoms with Gasteiger partial charge in [-0.25, -0.2) is 8.42 Å². The summed E-state index contributed by atoms with van der Waals surface area (Å²) in [6, 6.07) is 11.1. The van der Waals surface area contributed by atoms with E-state index in [1.165, 1.54) is 42.7 Å². The number of aromatic nitrogens is 1. The second kappa shape index (κ2) is 13.8. The van der Waals surface area contributed by atoms with Crippen molar-refractivity contribution in [3.05, 3.63) is 82.1 Å². The number of rotatable bonds is 11. The Morgan fingerprint density at radius 3 is 2.35 bits per heavy atom. The van der Waals surface area contributed by atoms with Gasteiger partial charge in [-0.1, -0.05) is 47.5 Å². The van der Waals surface area contributed by atoms with E-state index in [-0.39, 0.29) is 51.9 Å². The molecule has 1 saturated carbocycles. The van der Waals surface area contributed by atoms with Crippen molar-refractivity contribution in [2.24, 2.45) is 0 Å².